The Kier molecular flexibility index (Phi) is 5.46. The van der Waals surface area contributed by atoms with Crippen LogP contribution >= 0.6 is 0 Å². The summed E-state index contributed by atoms with van der Waals surface area (Å²) in [6.45, 7) is 5.81. The summed E-state index contributed by atoms with van der Waals surface area (Å²) in [5, 5.41) is 0. The Hall–Kier alpha value is -2.23. The molecule has 3 heterocycles. The van der Waals surface area contributed by atoms with Gasteiger partial charge in [-0.3, -0.25) is 9.36 Å². The lowest BCUT2D eigenvalue weighted by molar-refractivity contribution is 0.0776. The van der Waals surface area contributed by atoms with Crippen LogP contribution in [-0.2, 0) is 16.6 Å². The van der Waals surface area contributed by atoms with Gasteiger partial charge < -0.3 is 9.80 Å². The zero-order valence-corrected chi connectivity index (χ0v) is 18.8. The number of hydrogen-bond donors (Lipinski definition) is 0. The molecule has 0 aliphatic carbocycles. The predicted molar refractivity (Wildman–Crippen MR) is 114 cm³/mol. The Morgan fingerprint density at radius 2 is 2.00 bits per heavy atom. The van der Waals surface area contributed by atoms with Crippen molar-refractivity contribution in [2.75, 3.05) is 33.7 Å². The number of carbonyl (C=O) groups is 1. The monoisotopic (exact) mass is 431 g/mol. The number of fused-ring (bicyclic) bond motifs is 3. The highest BCUT2D eigenvalue weighted by Crippen LogP contribution is 2.32. The van der Waals surface area contributed by atoms with E-state index in [1.165, 1.54) is 4.31 Å². The minimum absolute atomic E-state index is 0.126. The molecule has 2 aliphatic heterocycles. The number of para-hydroxylation sites is 1. The number of sulfonamides is 1. The lowest BCUT2D eigenvalue weighted by Crippen LogP contribution is -2.36. The standard InChI is InChI=1S/C21H29N5O3S/c1-15(2)11-25-13-18-20(21(27)24-10-9-16(12-24)23(3)4)22-14-26(18)17-7-5-6-8-19(17)30(25,28)29/h5-8,14-16H,9-13H2,1-4H3/t16-/m1/s1. The molecule has 9 heteroatoms. The van der Waals surface area contributed by atoms with Gasteiger partial charge >= 0.3 is 0 Å². The second-order valence-electron chi connectivity index (χ2n) is 8.73. The fourth-order valence-corrected chi connectivity index (χ4v) is 5.99. The number of nitrogens with zero attached hydrogens (tertiary/aromatic N) is 5. The van der Waals surface area contributed by atoms with E-state index in [0.717, 1.165) is 6.42 Å². The van der Waals surface area contributed by atoms with Crippen LogP contribution in [0.25, 0.3) is 5.69 Å². The molecule has 1 atom stereocenters. The van der Waals surface area contributed by atoms with Crippen molar-refractivity contribution in [3.8, 4) is 5.69 Å². The zero-order valence-electron chi connectivity index (χ0n) is 17.9. The Morgan fingerprint density at radius 1 is 1.27 bits per heavy atom. The smallest absolute Gasteiger partial charge is 0.274 e. The molecule has 0 spiro atoms. The van der Waals surface area contributed by atoms with E-state index in [0.29, 0.717) is 42.8 Å². The molecule has 0 saturated carbocycles. The van der Waals surface area contributed by atoms with Crippen molar-refractivity contribution >= 4 is 15.9 Å². The number of likely N-dealkylation sites (N-methyl/N-ethyl adjacent to an activating group) is 1. The van der Waals surface area contributed by atoms with Gasteiger partial charge in [0.05, 0.1) is 17.9 Å². The quantitative estimate of drug-likeness (QED) is 0.738. The highest BCUT2D eigenvalue weighted by atomic mass is 32.2. The summed E-state index contributed by atoms with van der Waals surface area (Å²) in [5.74, 6) is 0.0226. The molecule has 8 nitrogen and oxygen atoms in total. The third-order valence-electron chi connectivity index (χ3n) is 5.89. The molecular formula is C21H29N5O3S. The van der Waals surface area contributed by atoms with Crippen molar-refractivity contribution in [3.63, 3.8) is 0 Å². The first-order valence-corrected chi connectivity index (χ1v) is 11.8. The van der Waals surface area contributed by atoms with Crippen LogP contribution in [0.1, 0.15) is 36.5 Å². The predicted octanol–water partition coefficient (Wildman–Crippen LogP) is 1.81. The van der Waals surface area contributed by atoms with Gasteiger partial charge in [0, 0.05) is 25.7 Å². The summed E-state index contributed by atoms with van der Waals surface area (Å²) in [6, 6.07) is 7.25. The van der Waals surface area contributed by atoms with E-state index in [4.69, 9.17) is 0 Å². The third-order valence-corrected chi connectivity index (χ3v) is 7.75. The van der Waals surface area contributed by atoms with E-state index in [9.17, 15) is 13.2 Å². The molecule has 162 valence electrons. The van der Waals surface area contributed by atoms with Crippen LogP contribution in [-0.4, -0.2) is 77.8 Å². The van der Waals surface area contributed by atoms with Crippen LogP contribution in [0.2, 0.25) is 0 Å². The fraction of sp³-hybridized carbons (Fsp3) is 0.524. The van der Waals surface area contributed by atoms with E-state index in [-0.39, 0.29) is 23.3 Å². The fourth-order valence-electron chi connectivity index (χ4n) is 4.24. The minimum Gasteiger partial charge on any atom is -0.336 e. The van der Waals surface area contributed by atoms with Gasteiger partial charge in [-0.1, -0.05) is 26.0 Å². The van der Waals surface area contributed by atoms with Crippen molar-refractivity contribution in [1.82, 2.24) is 23.7 Å². The summed E-state index contributed by atoms with van der Waals surface area (Å²) >= 11 is 0. The highest BCUT2D eigenvalue weighted by molar-refractivity contribution is 7.89. The van der Waals surface area contributed by atoms with Crippen LogP contribution in [0.15, 0.2) is 35.5 Å². The molecular weight excluding hydrogens is 402 g/mol. The SMILES string of the molecule is CC(C)CN1Cc2c(C(=O)N3CC[C@@H](N(C)C)C3)ncn2-c2ccccc2S1(=O)=O. The van der Waals surface area contributed by atoms with E-state index >= 15 is 0 Å². The first-order valence-electron chi connectivity index (χ1n) is 10.3. The highest BCUT2D eigenvalue weighted by Gasteiger charge is 2.37. The Balaban J connectivity index is 1.78. The number of carbonyl (C=O) groups excluding carboxylic acids is 1. The van der Waals surface area contributed by atoms with Crippen molar-refractivity contribution in [2.24, 2.45) is 5.92 Å². The van der Waals surface area contributed by atoms with Crippen molar-refractivity contribution < 1.29 is 13.2 Å². The number of hydrogen-bond acceptors (Lipinski definition) is 5. The third kappa shape index (κ3) is 3.55. The van der Waals surface area contributed by atoms with Crippen LogP contribution in [0, 0.1) is 5.92 Å². The summed E-state index contributed by atoms with van der Waals surface area (Å²) in [5.41, 5.74) is 1.51. The van der Waals surface area contributed by atoms with Crippen molar-refractivity contribution in [3.05, 3.63) is 42.0 Å². The molecule has 1 saturated heterocycles. The average Bonchev–Trinajstić information content (AvgIpc) is 3.32. The summed E-state index contributed by atoms with van der Waals surface area (Å²) < 4.78 is 30.0. The van der Waals surface area contributed by atoms with E-state index < -0.39 is 10.0 Å². The molecule has 0 radical (unpaired) electrons. The van der Waals surface area contributed by atoms with Gasteiger partial charge in [0.15, 0.2) is 5.69 Å². The van der Waals surface area contributed by atoms with Gasteiger partial charge in [0.25, 0.3) is 5.91 Å². The van der Waals surface area contributed by atoms with E-state index in [2.05, 4.69) is 9.88 Å². The van der Waals surface area contributed by atoms with E-state index in [1.54, 1.807) is 35.2 Å². The molecule has 0 bridgehead atoms. The van der Waals surface area contributed by atoms with Crippen molar-refractivity contribution in [2.45, 2.75) is 37.8 Å². The molecule has 0 unspecified atom stereocenters. The van der Waals surface area contributed by atoms with Crippen molar-refractivity contribution in [1.29, 1.82) is 0 Å². The number of benzene rings is 1. The van der Waals surface area contributed by atoms with Gasteiger partial charge in [-0.2, -0.15) is 4.31 Å². The maximum Gasteiger partial charge on any atom is 0.274 e. The molecule has 1 aromatic heterocycles. The van der Waals surface area contributed by atoms with Crippen LogP contribution in [0.3, 0.4) is 0 Å². The molecule has 2 aliphatic rings. The summed E-state index contributed by atoms with van der Waals surface area (Å²) in [4.78, 5) is 22.0. The van der Waals surface area contributed by atoms with Gasteiger partial charge in [-0.15, -0.1) is 0 Å². The Labute approximate surface area is 178 Å². The maximum atomic E-state index is 13.4. The molecule has 1 aromatic carbocycles. The first-order chi connectivity index (χ1) is 14.2. The Morgan fingerprint density at radius 3 is 2.67 bits per heavy atom. The second-order valence-corrected chi connectivity index (χ2v) is 10.6. The number of likely N-dealkylation sites (tertiary alicyclic amines) is 1. The molecule has 1 amide bonds. The van der Waals surface area contributed by atoms with E-state index in [1.807, 2.05) is 32.8 Å². The van der Waals surface area contributed by atoms with Gasteiger partial charge in [-0.25, -0.2) is 13.4 Å². The van der Waals surface area contributed by atoms with Gasteiger partial charge in [0.1, 0.15) is 11.2 Å². The summed E-state index contributed by atoms with van der Waals surface area (Å²) in [6.07, 6.45) is 2.50. The maximum absolute atomic E-state index is 13.4. The topological polar surface area (TPSA) is 78.8 Å². The van der Waals surface area contributed by atoms with Gasteiger partial charge in [-0.05, 0) is 38.6 Å². The number of aromatic nitrogens is 2. The Bertz CT molecular complexity index is 1060. The molecule has 2 aromatic rings. The summed E-state index contributed by atoms with van der Waals surface area (Å²) in [7, 11) is 0.361. The minimum atomic E-state index is -3.68. The second kappa shape index (κ2) is 7.79. The van der Waals surface area contributed by atoms with Crippen LogP contribution < -0.4 is 0 Å². The average molecular weight is 432 g/mol. The van der Waals surface area contributed by atoms with Crippen LogP contribution in [0.5, 0.6) is 0 Å². The number of imidazole rings is 1. The van der Waals surface area contributed by atoms with Crippen LogP contribution in [0.4, 0.5) is 0 Å². The van der Waals surface area contributed by atoms with Gasteiger partial charge in [0.2, 0.25) is 10.0 Å². The largest absolute Gasteiger partial charge is 0.336 e. The first kappa shape index (κ1) is 21.0. The lowest BCUT2D eigenvalue weighted by Gasteiger charge is -2.23. The zero-order chi connectivity index (χ0) is 21.6. The molecule has 4 rings (SSSR count). The lowest BCUT2D eigenvalue weighted by atomic mass is 10.2. The molecule has 1 fully saturated rings. The normalized spacial score (nSPS) is 21.0. The number of amides is 1. The molecule has 30 heavy (non-hydrogen) atoms. The number of rotatable bonds is 4. The molecule has 0 N–H and O–H groups in total.